The Balaban J connectivity index is 5.35. The van der Waals surface area contributed by atoms with Crippen LogP contribution in [-0.4, -0.2) is 124 Å². The highest BCUT2D eigenvalue weighted by Gasteiger charge is 2.23. The van der Waals surface area contributed by atoms with Gasteiger partial charge in [0.1, 0.15) is 0 Å². The SMILES string of the molecule is CCCCCCC(CCCC)C(=O)OCCCCCCCCCN(CCCCCCCCCOC(=O)C(CCCC)CCCCCC)CCCN(C)CCCN(CCCCCCCCCOC(=O)C(CCCC)CCCCCC)CCCCCCCCCOC(=O)C(CCCC)CCCCCC. The third-order valence-corrected chi connectivity index (χ3v) is 22.1. The molecule has 0 bridgehead atoms. The number of esters is 4. The summed E-state index contributed by atoms with van der Waals surface area (Å²) in [6.45, 7) is 29.7. The lowest BCUT2D eigenvalue weighted by Crippen LogP contribution is -2.32. The van der Waals surface area contributed by atoms with Crippen molar-refractivity contribution in [3.63, 3.8) is 0 Å². The van der Waals surface area contributed by atoms with Gasteiger partial charge in [0.25, 0.3) is 0 Å². The normalized spacial score (nSPS) is 13.0. The lowest BCUT2D eigenvalue weighted by atomic mass is 9.95. The van der Waals surface area contributed by atoms with E-state index in [2.05, 4.69) is 77.1 Å². The van der Waals surface area contributed by atoms with E-state index in [1.54, 1.807) is 0 Å². The van der Waals surface area contributed by atoms with Crippen molar-refractivity contribution < 1.29 is 38.1 Å². The Bertz CT molecular complexity index is 1520. The van der Waals surface area contributed by atoms with E-state index in [9.17, 15) is 19.2 Å². The van der Waals surface area contributed by atoms with Gasteiger partial charge in [0.05, 0.1) is 50.1 Å². The summed E-state index contributed by atoms with van der Waals surface area (Å²) in [6.07, 6.45) is 72.9. The van der Waals surface area contributed by atoms with Gasteiger partial charge in [0.2, 0.25) is 0 Å². The number of carbonyl (C=O) groups excluding carboxylic acids is 4. The van der Waals surface area contributed by atoms with Crippen LogP contribution in [0.1, 0.15) is 453 Å². The van der Waals surface area contributed by atoms with E-state index >= 15 is 0 Å². The van der Waals surface area contributed by atoms with Crippen molar-refractivity contribution >= 4 is 23.9 Å². The lowest BCUT2D eigenvalue weighted by Gasteiger charge is -2.26. The average Bonchev–Trinajstić information content (AvgIpc) is 1.08. The van der Waals surface area contributed by atoms with E-state index in [0.29, 0.717) is 26.4 Å². The van der Waals surface area contributed by atoms with E-state index in [0.717, 1.165) is 193 Å². The number of rotatable bonds is 84. The summed E-state index contributed by atoms with van der Waals surface area (Å²) in [5.41, 5.74) is 0. The second-order valence-corrected chi connectivity index (χ2v) is 32.0. The zero-order valence-corrected chi connectivity index (χ0v) is 70.2. The van der Waals surface area contributed by atoms with Crippen LogP contribution in [0.25, 0.3) is 0 Å². The molecule has 102 heavy (non-hydrogen) atoms. The molecule has 0 spiro atoms. The van der Waals surface area contributed by atoms with Crippen molar-refractivity contribution in [2.24, 2.45) is 23.7 Å². The highest BCUT2D eigenvalue weighted by molar-refractivity contribution is 5.73. The quantitative estimate of drug-likeness (QED) is 0.0329. The molecule has 0 aliphatic rings. The third kappa shape index (κ3) is 66.0. The van der Waals surface area contributed by atoms with Crippen LogP contribution in [0.5, 0.6) is 0 Å². The number of hydrogen-bond donors (Lipinski definition) is 0. The first-order valence-electron chi connectivity index (χ1n) is 45.8. The Labute approximate surface area is 636 Å². The van der Waals surface area contributed by atoms with Crippen molar-refractivity contribution in [2.75, 3.05) is 85.8 Å². The molecule has 0 N–H and O–H groups in total. The summed E-state index contributed by atoms with van der Waals surface area (Å²) >= 11 is 0. The van der Waals surface area contributed by atoms with Crippen LogP contribution in [0.2, 0.25) is 0 Å². The predicted octanol–water partition coefficient (Wildman–Crippen LogP) is 26.5. The van der Waals surface area contributed by atoms with Crippen LogP contribution in [0, 0.1) is 23.7 Å². The molecule has 0 aliphatic carbocycles. The smallest absolute Gasteiger partial charge is 0.308 e. The largest absolute Gasteiger partial charge is 0.465 e. The van der Waals surface area contributed by atoms with Gasteiger partial charge < -0.3 is 33.6 Å². The fourth-order valence-electron chi connectivity index (χ4n) is 15.0. The highest BCUT2D eigenvalue weighted by Crippen LogP contribution is 2.25. The standard InChI is InChI=1S/C91H179N3O8/c1-10-18-26-50-68-84(64-22-14-5)88(95)99-80-58-46-38-30-34-42-54-74-93(75-55-43-35-31-39-47-59-81-100-89(96)85(65-23-15-6)69-51-27-19-11-2)78-62-72-92(9)73-63-79-94(76-56-44-36-32-40-48-60-82-101-90(97)86(66-24-16-7)70-52-28-20-12-3)77-57-45-37-33-41-49-61-83-102-91(98)87(67-25-17-8)71-53-29-21-13-4/h84-87H,10-83H2,1-9H3. The first-order chi connectivity index (χ1) is 50.0. The summed E-state index contributed by atoms with van der Waals surface area (Å²) in [6, 6.07) is 0. The van der Waals surface area contributed by atoms with E-state index in [4.69, 9.17) is 18.9 Å². The Hall–Kier alpha value is -2.24. The second kappa shape index (κ2) is 79.8. The molecule has 4 unspecified atom stereocenters. The molecule has 0 heterocycles. The average molecular weight is 1440 g/mol. The first kappa shape index (κ1) is 99.8. The Morgan fingerprint density at radius 1 is 0.196 bits per heavy atom. The molecule has 0 rings (SSSR count). The fraction of sp³-hybridized carbons (Fsp3) is 0.956. The van der Waals surface area contributed by atoms with Crippen LogP contribution in [0.15, 0.2) is 0 Å². The number of nitrogens with zero attached hydrogens (tertiary/aromatic N) is 3. The summed E-state index contributed by atoms with van der Waals surface area (Å²) < 4.78 is 23.4. The van der Waals surface area contributed by atoms with Crippen LogP contribution in [-0.2, 0) is 38.1 Å². The molecule has 0 fully saturated rings. The molecule has 0 aromatic rings. The van der Waals surface area contributed by atoms with Gasteiger partial charge in [-0.15, -0.1) is 0 Å². The minimum absolute atomic E-state index is 0.0595. The Kier molecular flexibility index (Phi) is 78.0. The van der Waals surface area contributed by atoms with E-state index < -0.39 is 0 Å². The zero-order chi connectivity index (χ0) is 74.5. The van der Waals surface area contributed by atoms with Gasteiger partial charge in [-0.05, 0) is 175 Å². The first-order valence-corrected chi connectivity index (χ1v) is 45.8. The number of carbonyl (C=O) groups is 4. The number of unbranched alkanes of at least 4 members (excludes halogenated alkanes) is 40. The predicted molar refractivity (Wildman–Crippen MR) is 440 cm³/mol. The summed E-state index contributed by atoms with van der Waals surface area (Å²) in [5.74, 6) is 0.612. The van der Waals surface area contributed by atoms with Gasteiger partial charge in [-0.25, -0.2) is 0 Å². The summed E-state index contributed by atoms with van der Waals surface area (Å²) in [4.78, 5) is 60.1. The van der Waals surface area contributed by atoms with Crippen molar-refractivity contribution in [1.82, 2.24) is 14.7 Å². The molecule has 4 atom stereocenters. The molecule has 606 valence electrons. The van der Waals surface area contributed by atoms with Gasteiger partial charge in [-0.1, -0.05) is 338 Å². The van der Waals surface area contributed by atoms with Crippen LogP contribution < -0.4 is 0 Å². The molecule has 0 saturated heterocycles. The third-order valence-electron chi connectivity index (χ3n) is 22.1. The molecule has 0 aromatic heterocycles. The molecule has 0 aliphatic heterocycles. The van der Waals surface area contributed by atoms with Crippen molar-refractivity contribution in [2.45, 2.75) is 453 Å². The van der Waals surface area contributed by atoms with E-state index in [1.165, 1.54) is 258 Å². The molecule has 11 heteroatoms. The molecule has 11 nitrogen and oxygen atoms in total. The molecular formula is C91H179N3O8. The van der Waals surface area contributed by atoms with E-state index in [1.807, 2.05) is 0 Å². The zero-order valence-electron chi connectivity index (χ0n) is 70.2. The summed E-state index contributed by atoms with van der Waals surface area (Å²) in [7, 11) is 2.36. The molecule has 0 radical (unpaired) electrons. The van der Waals surface area contributed by atoms with Crippen LogP contribution in [0.3, 0.4) is 0 Å². The lowest BCUT2D eigenvalue weighted by molar-refractivity contribution is -0.150. The van der Waals surface area contributed by atoms with Crippen molar-refractivity contribution in [1.29, 1.82) is 0 Å². The van der Waals surface area contributed by atoms with Crippen LogP contribution in [0.4, 0.5) is 0 Å². The monoisotopic (exact) mass is 1440 g/mol. The topological polar surface area (TPSA) is 115 Å². The highest BCUT2D eigenvalue weighted by atomic mass is 16.5. The minimum atomic E-state index is 0.0595. The molecule has 0 amide bonds. The van der Waals surface area contributed by atoms with Gasteiger partial charge >= 0.3 is 23.9 Å². The number of hydrogen-bond acceptors (Lipinski definition) is 11. The van der Waals surface area contributed by atoms with Gasteiger partial charge in [-0.2, -0.15) is 0 Å². The van der Waals surface area contributed by atoms with Gasteiger partial charge in [0, 0.05) is 0 Å². The molecule has 0 saturated carbocycles. The number of ether oxygens (including phenoxy) is 4. The molecular weight excluding hydrogens is 1260 g/mol. The molecule has 0 aromatic carbocycles. The van der Waals surface area contributed by atoms with Crippen molar-refractivity contribution in [3.8, 4) is 0 Å². The van der Waals surface area contributed by atoms with Crippen LogP contribution >= 0.6 is 0 Å². The van der Waals surface area contributed by atoms with E-state index in [-0.39, 0.29) is 47.5 Å². The minimum Gasteiger partial charge on any atom is -0.465 e. The Morgan fingerprint density at radius 2 is 0.363 bits per heavy atom. The maximum Gasteiger partial charge on any atom is 0.308 e. The van der Waals surface area contributed by atoms with Gasteiger partial charge in [0.15, 0.2) is 0 Å². The maximum absolute atomic E-state index is 13.0. The van der Waals surface area contributed by atoms with Crippen molar-refractivity contribution in [3.05, 3.63) is 0 Å². The second-order valence-electron chi connectivity index (χ2n) is 32.0. The Morgan fingerprint density at radius 3 is 0.569 bits per heavy atom. The van der Waals surface area contributed by atoms with Gasteiger partial charge in [-0.3, -0.25) is 19.2 Å². The fourth-order valence-corrected chi connectivity index (χ4v) is 15.0. The summed E-state index contributed by atoms with van der Waals surface area (Å²) in [5, 5.41) is 0. The maximum atomic E-state index is 13.0.